The van der Waals surface area contributed by atoms with Crippen LogP contribution in [-0.4, -0.2) is 31.4 Å². The molecule has 0 radical (unpaired) electrons. The summed E-state index contributed by atoms with van der Waals surface area (Å²) in [6, 6.07) is 7.27. The maximum atomic E-state index is 12.0. The third-order valence-electron chi connectivity index (χ3n) is 3.21. The fraction of sp³-hybridized carbons (Fsp3) is 0.562. The van der Waals surface area contributed by atoms with Gasteiger partial charge in [-0.1, -0.05) is 39.0 Å². The number of methoxy groups -OCH3 is 1. The van der Waals surface area contributed by atoms with E-state index in [1.54, 1.807) is 7.11 Å². The quantitative estimate of drug-likeness (QED) is 0.706. The van der Waals surface area contributed by atoms with Crippen molar-refractivity contribution in [3.05, 3.63) is 29.8 Å². The molecule has 0 aliphatic rings. The number of amides is 2. The van der Waals surface area contributed by atoms with Crippen LogP contribution in [0.15, 0.2) is 24.3 Å². The summed E-state index contributed by atoms with van der Waals surface area (Å²) in [5.74, 6) is 0.757. The first-order valence-electron chi connectivity index (χ1n) is 7.18. The molecule has 5 heteroatoms. The molecule has 1 atom stereocenters. The van der Waals surface area contributed by atoms with Crippen LogP contribution >= 0.6 is 0 Å². The highest BCUT2D eigenvalue weighted by Gasteiger charge is 2.29. The Morgan fingerprint density at radius 2 is 2.00 bits per heavy atom. The third-order valence-corrected chi connectivity index (χ3v) is 3.21. The van der Waals surface area contributed by atoms with E-state index in [4.69, 9.17) is 9.84 Å². The largest absolute Gasteiger partial charge is 0.496 e. The maximum Gasteiger partial charge on any atom is 0.315 e. The van der Waals surface area contributed by atoms with Gasteiger partial charge in [0.05, 0.1) is 13.2 Å². The van der Waals surface area contributed by atoms with E-state index in [9.17, 15) is 4.79 Å². The van der Waals surface area contributed by atoms with Gasteiger partial charge in [-0.2, -0.15) is 0 Å². The average molecular weight is 294 g/mol. The number of urea groups is 1. The van der Waals surface area contributed by atoms with E-state index >= 15 is 0 Å². The van der Waals surface area contributed by atoms with Gasteiger partial charge in [0.15, 0.2) is 0 Å². The lowest BCUT2D eigenvalue weighted by molar-refractivity contribution is 0.215. The summed E-state index contributed by atoms with van der Waals surface area (Å²) in [5.41, 5.74) is 0.785. The van der Waals surface area contributed by atoms with E-state index in [1.165, 1.54) is 0 Å². The van der Waals surface area contributed by atoms with Crippen molar-refractivity contribution in [1.82, 2.24) is 10.6 Å². The smallest absolute Gasteiger partial charge is 0.315 e. The van der Waals surface area contributed by atoms with Gasteiger partial charge in [0, 0.05) is 18.7 Å². The lowest BCUT2D eigenvalue weighted by Gasteiger charge is -2.32. The number of carbonyl (C=O) groups is 1. The normalized spacial score (nSPS) is 12.6. The molecule has 0 saturated carbocycles. The van der Waals surface area contributed by atoms with Crippen molar-refractivity contribution in [2.24, 2.45) is 5.41 Å². The lowest BCUT2D eigenvalue weighted by atomic mass is 9.82. The topological polar surface area (TPSA) is 70.6 Å². The third kappa shape index (κ3) is 5.27. The number of ether oxygens (including phenoxy) is 1. The minimum atomic E-state index is -0.241. The minimum Gasteiger partial charge on any atom is -0.496 e. The predicted molar refractivity (Wildman–Crippen MR) is 83.4 cm³/mol. The van der Waals surface area contributed by atoms with E-state index in [0.717, 1.165) is 11.3 Å². The second kappa shape index (κ2) is 7.88. The van der Waals surface area contributed by atoms with Crippen LogP contribution in [0.4, 0.5) is 4.79 Å². The van der Waals surface area contributed by atoms with Crippen LogP contribution in [0, 0.1) is 5.41 Å². The second-order valence-electron chi connectivity index (χ2n) is 6.02. The number of rotatable bonds is 6. The van der Waals surface area contributed by atoms with Crippen LogP contribution in [0.25, 0.3) is 0 Å². The van der Waals surface area contributed by atoms with Crippen LogP contribution in [0.5, 0.6) is 5.75 Å². The van der Waals surface area contributed by atoms with E-state index in [-0.39, 0.29) is 24.1 Å². The molecule has 21 heavy (non-hydrogen) atoms. The molecule has 0 bridgehead atoms. The highest BCUT2D eigenvalue weighted by molar-refractivity contribution is 5.74. The fourth-order valence-corrected chi connectivity index (χ4v) is 2.13. The van der Waals surface area contributed by atoms with Crippen molar-refractivity contribution < 1.29 is 14.6 Å². The monoisotopic (exact) mass is 294 g/mol. The zero-order valence-electron chi connectivity index (χ0n) is 13.3. The molecule has 0 spiro atoms. The Balaban J connectivity index is 2.89. The number of aliphatic hydroxyl groups is 1. The van der Waals surface area contributed by atoms with Crippen LogP contribution in [0.1, 0.15) is 38.8 Å². The summed E-state index contributed by atoms with van der Waals surface area (Å²) in [5, 5.41) is 14.5. The van der Waals surface area contributed by atoms with Crippen molar-refractivity contribution in [2.75, 3.05) is 20.3 Å². The van der Waals surface area contributed by atoms with Crippen LogP contribution in [0.3, 0.4) is 0 Å². The number of carbonyl (C=O) groups excluding carboxylic acids is 1. The molecular weight excluding hydrogens is 268 g/mol. The van der Waals surface area contributed by atoms with Crippen LogP contribution in [-0.2, 0) is 0 Å². The van der Waals surface area contributed by atoms with Gasteiger partial charge in [-0.15, -0.1) is 0 Å². The number of nitrogens with one attached hydrogen (secondary N) is 2. The van der Waals surface area contributed by atoms with Crippen LogP contribution in [0.2, 0.25) is 0 Å². The van der Waals surface area contributed by atoms with E-state index in [0.29, 0.717) is 13.0 Å². The van der Waals surface area contributed by atoms with Gasteiger partial charge in [0.2, 0.25) is 0 Å². The van der Waals surface area contributed by atoms with Gasteiger partial charge in [0.1, 0.15) is 5.75 Å². The summed E-state index contributed by atoms with van der Waals surface area (Å²) in [6.07, 6.45) is 0.544. The lowest BCUT2D eigenvalue weighted by Crippen LogP contribution is -2.43. The Kier molecular flexibility index (Phi) is 6.49. The average Bonchev–Trinajstić information content (AvgIpc) is 2.44. The summed E-state index contributed by atoms with van der Waals surface area (Å²) in [4.78, 5) is 12.0. The number of para-hydroxylation sites is 1. The molecule has 118 valence electrons. The Labute approximate surface area is 126 Å². The van der Waals surface area contributed by atoms with Crippen molar-refractivity contribution in [3.8, 4) is 5.75 Å². The van der Waals surface area contributed by atoms with E-state index in [2.05, 4.69) is 31.4 Å². The molecule has 0 fully saturated rings. The molecule has 0 aliphatic heterocycles. The van der Waals surface area contributed by atoms with Crippen molar-refractivity contribution in [1.29, 1.82) is 0 Å². The number of aliphatic hydroxyl groups excluding tert-OH is 1. The van der Waals surface area contributed by atoms with Crippen LogP contribution < -0.4 is 15.4 Å². The van der Waals surface area contributed by atoms with Gasteiger partial charge in [0.25, 0.3) is 0 Å². The zero-order valence-corrected chi connectivity index (χ0v) is 13.3. The Morgan fingerprint density at radius 3 is 2.57 bits per heavy atom. The summed E-state index contributed by atoms with van der Waals surface area (Å²) < 4.78 is 5.40. The Morgan fingerprint density at radius 1 is 1.33 bits per heavy atom. The first kappa shape index (κ1) is 17.3. The minimum absolute atomic E-state index is 0.0650. The Bertz CT molecular complexity index is 455. The molecule has 0 aromatic heterocycles. The van der Waals surface area contributed by atoms with Gasteiger partial charge < -0.3 is 20.5 Å². The highest BCUT2D eigenvalue weighted by Crippen LogP contribution is 2.37. The first-order valence-corrected chi connectivity index (χ1v) is 7.18. The van der Waals surface area contributed by atoms with Gasteiger partial charge in [-0.3, -0.25) is 0 Å². The molecule has 5 nitrogen and oxygen atoms in total. The van der Waals surface area contributed by atoms with Crippen molar-refractivity contribution >= 4 is 6.03 Å². The summed E-state index contributed by atoms with van der Waals surface area (Å²) in [7, 11) is 1.62. The summed E-state index contributed by atoms with van der Waals surface area (Å²) >= 11 is 0. The number of hydrogen-bond donors (Lipinski definition) is 3. The molecule has 1 rings (SSSR count). The van der Waals surface area contributed by atoms with Gasteiger partial charge >= 0.3 is 6.03 Å². The second-order valence-corrected chi connectivity index (χ2v) is 6.02. The maximum absolute atomic E-state index is 12.0. The molecule has 1 unspecified atom stereocenters. The SMILES string of the molecule is COc1ccccc1C(NC(=O)NCCCO)C(C)(C)C. The number of benzene rings is 1. The van der Waals surface area contributed by atoms with E-state index < -0.39 is 0 Å². The molecule has 0 saturated heterocycles. The molecule has 3 N–H and O–H groups in total. The summed E-state index contributed by atoms with van der Waals surface area (Å²) in [6.45, 7) is 6.72. The standard InChI is InChI=1S/C16H26N2O3/c1-16(2,3)14(18-15(20)17-10-7-11-19)12-8-5-6-9-13(12)21-4/h5-6,8-9,14,19H,7,10-11H2,1-4H3,(H2,17,18,20). The zero-order chi connectivity index (χ0) is 15.9. The fourth-order valence-electron chi connectivity index (χ4n) is 2.13. The van der Waals surface area contributed by atoms with Gasteiger partial charge in [-0.05, 0) is 17.9 Å². The number of hydrogen-bond acceptors (Lipinski definition) is 3. The van der Waals surface area contributed by atoms with Gasteiger partial charge in [-0.25, -0.2) is 4.79 Å². The Hall–Kier alpha value is -1.75. The highest BCUT2D eigenvalue weighted by atomic mass is 16.5. The molecule has 1 aromatic rings. The van der Waals surface area contributed by atoms with Crippen molar-refractivity contribution in [2.45, 2.75) is 33.2 Å². The van der Waals surface area contributed by atoms with Crippen molar-refractivity contribution in [3.63, 3.8) is 0 Å². The first-order chi connectivity index (χ1) is 9.90. The predicted octanol–water partition coefficient (Wildman–Crippen LogP) is 2.46. The molecule has 1 aromatic carbocycles. The van der Waals surface area contributed by atoms with E-state index in [1.807, 2.05) is 24.3 Å². The molecule has 2 amide bonds. The molecule has 0 heterocycles. The molecular formula is C16H26N2O3. The molecule has 0 aliphatic carbocycles.